The molecule has 30 heteroatoms. The number of imidazole rings is 1. The third kappa shape index (κ3) is 21.7. The number of carbonyl (C=O) groups excluding carboxylic acids is 7. The Kier molecular flexibility index (Phi) is 28.6. The molecule has 2 aliphatic rings. The molecule has 30 nitrogen and oxygen atoms in total. The number of primary amides is 2. The molecule has 4 aromatic rings. The highest BCUT2D eigenvalue weighted by molar-refractivity contribution is 6.03. The molecule has 7 amide bonds. The van der Waals surface area contributed by atoms with Gasteiger partial charge >= 0.3 is 5.97 Å². The molecule has 1 aromatic carbocycles. The molecule has 0 spiro atoms. The molecule has 5 heterocycles. The lowest BCUT2D eigenvalue weighted by Crippen LogP contribution is -2.50. The lowest BCUT2D eigenvalue weighted by atomic mass is 10.1. The molecule has 2 aliphatic heterocycles. The van der Waals surface area contributed by atoms with Gasteiger partial charge in [-0.2, -0.15) is 20.2 Å². The molecule has 0 bridgehead atoms. The first-order chi connectivity index (χ1) is 44.1. The van der Waals surface area contributed by atoms with Crippen molar-refractivity contribution in [3.63, 3.8) is 0 Å². The number of ether oxygens (including phenoxy) is 6. The Hall–Kier alpha value is -8.68. The molecule has 3 aromatic heterocycles. The lowest BCUT2D eigenvalue weighted by molar-refractivity contribution is -0.141. The number of amides is 7. The Morgan fingerprint density at radius 1 is 0.663 bits per heavy atom. The number of likely N-dealkylation sites (N-methyl/N-ethyl adjacent to an activating group) is 1. The molecule has 502 valence electrons. The van der Waals surface area contributed by atoms with Gasteiger partial charge in [0, 0.05) is 96.4 Å². The van der Waals surface area contributed by atoms with Crippen molar-refractivity contribution >= 4 is 64.3 Å². The van der Waals surface area contributed by atoms with Crippen LogP contribution in [0.5, 0.6) is 0 Å². The van der Waals surface area contributed by atoms with Gasteiger partial charge in [0.25, 0.3) is 11.8 Å². The van der Waals surface area contributed by atoms with Crippen LogP contribution in [0.3, 0.4) is 0 Å². The van der Waals surface area contributed by atoms with Crippen LogP contribution in [-0.2, 0) is 79.1 Å². The van der Waals surface area contributed by atoms with Crippen LogP contribution in [0.4, 0.5) is 0 Å². The number of carbonyl (C=O) groups is 8. The summed E-state index contributed by atoms with van der Waals surface area (Å²) < 4.78 is 40.9. The molecule has 6 rings (SSSR count). The summed E-state index contributed by atoms with van der Waals surface area (Å²) in [7, 11) is 3.41. The smallest absolute Gasteiger partial charge is 0.305 e. The molecule has 1 atom stereocenters. The summed E-state index contributed by atoms with van der Waals surface area (Å²) in [4.78, 5) is 119. The molecule has 6 N–H and O–H groups in total. The number of aryl methyl sites for hydroxylation is 6. The summed E-state index contributed by atoms with van der Waals surface area (Å²) in [6, 6.07) is 8.30. The number of hydrogen-bond acceptors (Lipinski definition) is 16. The second-order valence-electron chi connectivity index (χ2n) is 21.9. The predicted octanol–water partition coefficient (Wildman–Crippen LogP) is 1.48. The summed E-state index contributed by atoms with van der Waals surface area (Å²) in [5, 5.41) is 20.4. The molecular formula is C62H89N15O15. The van der Waals surface area contributed by atoms with Gasteiger partial charge in [-0.3, -0.25) is 47.7 Å². The van der Waals surface area contributed by atoms with Crippen molar-refractivity contribution in [3.05, 3.63) is 99.9 Å². The zero-order chi connectivity index (χ0) is 66.9. The standard InChI is InChI=1S/C62H89N15O15/c1-9-76-51(36-43(4)68-76)59(85)66-61-70(7)45(6)38-47(58(64)84)35-42(3)40-74(61)19-13-48(14-20-75-49-12-11-46(57(63)83)39-50(49)71(8)62(75)67-60(86)52-37-44(5)69-77(52)10-2)92-41-53(78)65-18-28-89-30-32-91-34-33-90-31-29-88-26-16-55(80)73-23-21-72(22-24-73)54(79)15-25-87-27-17-56(81)82/h11-12,35-39,48H,6,9-10,13-34,40-41H2,1-5,7-8H3,(H2,63,83)(H2,64,84)(H,65,78)(H,81,82)/b42-35-,47-38+,66-61?,67-62?. The molecule has 0 aliphatic carbocycles. The fourth-order valence-corrected chi connectivity index (χ4v) is 10.2. The van der Waals surface area contributed by atoms with E-state index < -0.39 is 41.6 Å². The van der Waals surface area contributed by atoms with Crippen molar-refractivity contribution in [2.45, 2.75) is 92.5 Å². The van der Waals surface area contributed by atoms with Crippen molar-refractivity contribution < 1.29 is 71.9 Å². The molecule has 1 fully saturated rings. The van der Waals surface area contributed by atoms with E-state index in [1.165, 1.54) is 6.08 Å². The van der Waals surface area contributed by atoms with Crippen molar-refractivity contribution in [1.82, 2.24) is 53.6 Å². The Balaban J connectivity index is 1.03. The maximum absolute atomic E-state index is 14.1. The summed E-state index contributed by atoms with van der Waals surface area (Å²) in [5.41, 5.74) is 16.3. The zero-order valence-electron chi connectivity index (χ0n) is 53.9. The predicted molar refractivity (Wildman–Crippen MR) is 337 cm³/mol. The van der Waals surface area contributed by atoms with E-state index in [4.69, 9.17) is 45.0 Å². The van der Waals surface area contributed by atoms with Gasteiger partial charge < -0.3 is 79.0 Å². The average molecular weight is 1280 g/mol. The lowest BCUT2D eigenvalue weighted by Gasteiger charge is -2.35. The number of carboxylic acid groups (broad SMARTS) is 1. The molecule has 0 radical (unpaired) electrons. The summed E-state index contributed by atoms with van der Waals surface area (Å²) in [6.07, 6.45) is 3.27. The number of fused-ring (bicyclic) bond motifs is 1. The number of aliphatic imine (C=N–C) groups is 1. The average Bonchev–Trinajstić information content (AvgIpc) is 1.62. The minimum atomic E-state index is -0.959. The number of nitrogens with two attached hydrogens (primary N) is 2. The van der Waals surface area contributed by atoms with Crippen LogP contribution in [0.15, 0.2) is 75.9 Å². The van der Waals surface area contributed by atoms with Crippen LogP contribution in [-0.4, -0.2) is 238 Å². The van der Waals surface area contributed by atoms with Gasteiger partial charge in [0.1, 0.15) is 18.0 Å². The van der Waals surface area contributed by atoms with E-state index >= 15 is 0 Å². The van der Waals surface area contributed by atoms with Gasteiger partial charge in [-0.1, -0.05) is 12.2 Å². The highest BCUT2D eigenvalue weighted by Gasteiger charge is 2.28. The second kappa shape index (κ2) is 36.4. The quantitative estimate of drug-likeness (QED) is 0.0469. The van der Waals surface area contributed by atoms with E-state index in [0.717, 1.165) is 0 Å². The second-order valence-corrected chi connectivity index (χ2v) is 21.9. The molecule has 92 heavy (non-hydrogen) atoms. The number of nitrogens with zero attached hydrogens (tertiary/aromatic N) is 12. The number of piperazine rings is 1. The number of carboxylic acids is 1. The van der Waals surface area contributed by atoms with Crippen LogP contribution in [0.25, 0.3) is 11.0 Å². The van der Waals surface area contributed by atoms with Crippen molar-refractivity contribution in [2.24, 2.45) is 28.5 Å². The van der Waals surface area contributed by atoms with E-state index in [9.17, 15) is 38.4 Å². The monoisotopic (exact) mass is 1280 g/mol. The van der Waals surface area contributed by atoms with Crippen LogP contribution < -0.4 is 22.4 Å². The Morgan fingerprint density at radius 2 is 1.18 bits per heavy atom. The third-order valence-corrected chi connectivity index (χ3v) is 15.1. The Morgan fingerprint density at radius 3 is 1.73 bits per heavy atom. The first kappa shape index (κ1) is 72.4. The third-order valence-electron chi connectivity index (χ3n) is 15.1. The van der Waals surface area contributed by atoms with Gasteiger partial charge in [0.15, 0.2) is 0 Å². The Bertz CT molecular complexity index is 3420. The SMILES string of the molecule is C=C1/C=C(C(N)=O)\C=C(\C)CN(CCC(CCn2c(=NC(=O)c3cc(C)nn3CC)n(C)c3cc(C(N)=O)ccc32)OCC(=O)NCCOCCOCCOCCOCCC(=O)N2CCN(C(=O)CCOCCC(=O)O)CC2)C(=NC(=O)c2cc(C)nn2CC)N1C. The van der Waals surface area contributed by atoms with E-state index in [0.29, 0.717) is 105 Å². The number of rotatable bonds is 36. The summed E-state index contributed by atoms with van der Waals surface area (Å²) in [5.74, 6) is -3.72. The van der Waals surface area contributed by atoms with Gasteiger partial charge in [0.05, 0.1) is 114 Å². The maximum atomic E-state index is 14.1. The summed E-state index contributed by atoms with van der Waals surface area (Å²) >= 11 is 0. The Labute approximate surface area is 534 Å². The zero-order valence-corrected chi connectivity index (χ0v) is 53.9. The number of hydrogen-bond donors (Lipinski definition) is 4. The first-order valence-electron chi connectivity index (χ1n) is 30.8. The van der Waals surface area contributed by atoms with E-state index in [-0.39, 0.29) is 145 Å². The van der Waals surface area contributed by atoms with Gasteiger partial charge in [-0.25, -0.2) is 0 Å². The number of benzene rings is 1. The van der Waals surface area contributed by atoms with Crippen LogP contribution in [0.2, 0.25) is 0 Å². The fourth-order valence-electron chi connectivity index (χ4n) is 10.2. The minimum absolute atomic E-state index is 0.0534. The number of allylic oxidation sites excluding steroid dienone is 1. The maximum Gasteiger partial charge on any atom is 0.305 e. The van der Waals surface area contributed by atoms with E-state index in [2.05, 4.69) is 32.1 Å². The van der Waals surface area contributed by atoms with Gasteiger partial charge in [0.2, 0.25) is 41.1 Å². The number of aliphatic carboxylic acids is 1. The molecule has 1 unspecified atom stereocenters. The van der Waals surface area contributed by atoms with Gasteiger partial charge in [-0.05, 0) is 89.9 Å². The molecule has 0 saturated carbocycles. The molecular weight excluding hydrogens is 1190 g/mol. The number of aromatic nitrogens is 6. The minimum Gasteiger partial charge on any atom is -0.481 e. The van der Waals surface area contributed by atoms with Crippen molar-refractivity contribution in [2.75, 3.05) is 126 Å². The summed E-state index contributed by atoms with van der Waals surface area (Å²) in [6.45, 7) is 18.6. The van der Waals surface area contributed by atoms with Gasteiger partial charge in [-0.15, -0.1) is 0 Å². The number of nitrogens with one attached hydrogen (secondary N) is 1. The highest BCUT2D eigenvalue weighted by Crippen LogP contribution is 2.21. The van der Waals surface area contributed by atoms with Crippen molar-refractivity contribution in [3.8, 4) is 0 Å². The van der Waals surface area contributed by atoms with Crippen LogP contribution >= 0.6 is 0 Å². The highest BCUT2D eigenvalue weighted by atomic mass is 16.6. The van der Waals surface area contributed by atoms with Crippen LogP contribution in [0, 0.1) is 13.8 Å². The largest absolute Gasteiger partial charge is 0.481 e. The normalized spacial score (nSPS) is 16.1. The molecule has 1 saturated heterocycles. The van der Waals surface area contributed by atoms with Crippen molar-refractivity contribution in [1.29, 1.82) is 0 Å². The van der Waals surface area contributed by atoms with E-state index in [1.54, 1.807) is 93.0 Å². The van der Waals surface area contributed by atoms with Crippen LogP contribution in [0.1, 0.15) is 95.6 Å². The topological polar surface area (TPSA) is 359 Å². The first-order valence-corrected chi connectivity index (χ1v) is 30.8. The fraction of sp³-hybridized carbons (Fsp3) is 0.548. The number of guanidine groups is 1. The van der Waals surface area contributed by atoms with E-state index in [1.807, 2.05) is 30.2 Å².